The minimum atomic E-state index is -1.21. The normalized spacial score (nSPS) is 21.0. The van der Waals surface area contributed by atoms with Gasteiger partial charge in [-0.05, 0) is 51.8 Å². The largest absolute Gasteiger partial charge is 0.497 e. The average Bonchev–Trinajstić information content (AvgIpc) is 2.96. The van der Waals surface area contributed by atoms with E-state index in [0.717, 1.165) is 11.3 Å². The predicted molar refractivity (Wildman–Crippen MR) is 111 cm³/mol. The first-order valence-corrected chi connectivity index (χ1v) is 10.5. The van der Waals surface area contributed by atoms with Gasteiger partial charge in [-0.3, -0.25) is 4.79 Å². The van der Waals surface area contributed by atoms with Crippen LogP contribution in [0.5, 0.6) is 5.75 Å². The number of methoxy groups -OCH3 is 1. The van der Waals surface area contributed by atoms with E-state index in [0.29, 0.717) is 25.9 Å². The monoisotopic (exact) mass is 392 g/mol. The number of nitrogens with zero attached hydrogens (tertiary/aromatic N) is 1. The van der Waals surface area contributed by atoms with Gasteiger partial charge in [-0.2, -0.15) is 0 Å². The van der Waals surface area contributed by atoms with E-state index < -0.39 is 16.5 Å². The van der Waals surface area contributed by atoms with Crippen molar-refractivity contribution in [2.45, 2.75) is 57.4 Å². The van der Waals surface area contributed by atoms with Crippen LogP contribution in [0.4, 0.5) is 0 Å². The molecule has 0 radical (unpaired) electrons. The molecule has 5 nitrogen and oxygen atoms in total. The first kappa shape index (κ1) is 21.6. The Morgan fingerprint density at radius 3 is 2.44 bits per heavy atom. The van der Waals surface area contributed by atoms with E-state index in [1.807, 2.05) is 62.9 Å². The number of carbonyl (C=O) groups is 1. The second-order valence-corrected chi connectivity index (χ2v) is 10.4. The topological polar surface area (TPSA) is 58.6 Å². The highest BCUT2D eigenvalue weighted by molar-refractivity contribution is 7.84. The van der Waals surface area contributed by atoms with E-state index in [1.165, 1.54) is 0 Å². The zero-order chi connectivity index (χ0) is 20.2. The number of benzene rings is 1. The molecular formula is C21H32N2O3S. The first-order chi connectivity index (χ1) is 12.6. The smallest absolute Gasteiger partial charge is 0.223 e. The van der Waals surface area contributed by atoms with Gasteiger partial charge >= 0.3 is 0 Å². The molecule has 1 aliphatic heterocycles. The number of ether oxygens (including phenoxy) is 1. The Kier molecular flexibility index (Phi) is 6.87. The van der Waals surface area contributed by atoms with Crippen LogP contribution in [0, 0.1) is 5.92 Å². The number of hydrogen-bond acceptors (Lipinski definition) is 3. The molecule has 1 heterocycles. The summed E-state index contributed by atoms with van der Waals surface area (Å²) in [5.41, 5.74) is 0.631. The average molecular weight is 393 g/mol. The molecule has 1 N–H and O–H groups in total. The fraction of sp³-hybridized carbons (Fsp3) is 0.571. The van der Waals surface area contributed by atoms with Crippen LogP contribution in [0.15, 0.2) is 36.9 Å². The summed E-state index contributed by atoms with van der Waals surface area (Å²) in [5, 5.41) is 0. The number of amides is 1. The van der Waals surface area contributed by atoms with Crippen LogP contribution in [0.2, 0.25) is 0 Å². The van der Waals surface area contributed by atoms with Crippen molar-refractivity contribution in [3.8, 4) is 5.75 Å². The fourth-order valence-electron chi connectivity index (χ4n) is 3.26. The number of hydrogen-bond donors (Lipinski definition) is 1. The van der Waals surface area contributed by atoms with E-state index in [1.54, 1.807) is 7.11 Å². The quantitative estimate of drug-likeness (QED) is 0.690. The van der Waals surface area contributed by atoms with Crippen LogP contribution in [0.25, 0.3) is 0 Å². The third kappa shape index (κ3) is 5.42. The molecule has 6 heteroatoms. The van der Waals surface area contributed by atoms with Gasteiger partial charge in [-0.15, -0.1) is 6.58 Å². The highest BCUT2D eigenvalue weighted by Crippen LogP contribution is 2.33. The van der Waals surface area contributed by atoms with Crippen molar-refractivity contribution in [1.82, 2.24) is 9.62 Å². The lowest BCUT2D eigenvalue weighted by atomic mass is 9.83. The van der Waals surface area contributed by atoms with Crippen LogP contribution in [-0.4, -0.2) is 39.0 Å². The van der Waals surface area contributed by atoms with Gasteiger partial charge in [-0.25, -0.2) is 8.93 Å². The summed E-state index contributed by atoms with van der Waals surface area (Å²) >= 11 is 0. The Hall–Kier alpha value is -1.66. The summed E-state index contributed by atoms with van der Waals surface area (Å²) in [4.78, 5) is 14.5. The molecule has 0 spiro atoms. The Labute approximate surface area is 165 Å². The predicted octanol–water partition coefficient (Wildman–Crippen LogP) is 3.43. The van der Waals surface area contributed by atoms with Crippen LogP contribution in [0.1, 0.15) is 46.1 Å². The molecular weight excluding hydrogens is 360 g/mol. The summed E-state index contributed by atoms with van der Waals surface area (Å²) in [7, 11) is 0.428. The van der Waals surface area contributed by atoms with E-state index in [2.05, 4.69) is 11.3 Å². The molecule has 1 aliphatic rings. The maximum absolute atomic E-state index is 12.7. The van der Waals surface area contributed by atoms with E-state index in [-0.39, 0.29) is 16.6 Å². The number of nitrogens with one attached hydrogen (secondary N) is 1. The lowest BCUT2D eigenvalue weighted by Crippen LogP contribution is -2.53. The maximum Gasteiger partial charge on any atom is 0.223 e. The van der Waals surface area contributed by atoms with Crippen molar-refractivity contribution >= 4 is 16.9 Å². The summed E-state index contributed by atoms with van der Waals surface area (Å²) in [6.45, 7) is 13.0. The summed E-state index contributed by atoms with van der Waals surface area (Å²) < 4.78 is 20.8. The molecule has 1 saturated heterocycles. The lowest BCUT2D eigenvalue weighted by Gasteiger charge is -2.37. The van der Waals surface area contributed by atoms with Gasteiger partial charge in [-0.1, -0.05) is 18.2 Å². The van der Waals surface area contributed by atoms with Gasteiger partial charge in [0.25, 0.3) is 0 Å². The molecule has 1 amide bonds. The van der Waals surface area contributed by atoms with Crippen LogP contribution in [-0.2, 0) is 22.3 Å². The minimum Gasteiger partial charge on any atom is -0.497 e. The number of carbonyl (C=O) groups excluding carboxylic acids is 1. The minimum absolute atomic E-state index is 0.0764. The van der Waals surface area contributed by atoms with Crippen molar-refractivity contribution < 1.29 is 13.7 Å². The molecule has 27 heavy (non-hydrogen) atoms. The zero-order valence-corrected chi connectivity index (χ0v) is 17.9. The lowest BCUT2D eigenvalue weighted by molar-refractivity contribution is -0.128. The van der Waals surface area contributed by atoms with E-state index in [9.17, 15) is 9.00 Å². The molecule has 150 valence electrons. The Balaban J connectivity index is 2.11. The van der Waals surface area contributed by atoms with Gasteiger partial charge in [0.1, 0.15) is 5.75 Å². The maximum atomic E-state index is 12.7. The van der Waals surface area contributed by atoms with Crippen molar-refractivity contribution in [3.05, 3.63) is 42.5 Å². The molecule has 0 saturated carbocycles. The van der Waals surface area contributed by atoms with Crippen LogP contribution >= 0.6 is 0 Å². The molecule has 1 aromatic carbocycles. The van der Waals surface area contributed by atoms with Gasteiger partial charge in [0, 0.05) is 31.0 Å². The van der Waals surface area contributed by atoms with Gasteiger partial charge in [0.15, 0.2) is 0 Å². The van der Waals surface area contributed by atoms with E-state index >= 15 is 0 Å². The molecule has 1 aromatic rings. The highest BCUT2D eigenvalue weighted by atomic mass is 32.2. The van der Waals surface area contributed by atoms with Gasteiger partial charge < -0.3 is 9.64 Å². The van der Waals surface area contributed by atoms with Gasteiger partial charge in [0.2, 0.25) is 5.91 Å². The summed E-state index contributed by atoms with van der Waals surface area (Å²) in [6.07, 6.45) is 2.95. The highest BCUT2D eigenvalue weighted by Gasteiger charge is 2.43. The summed E-state index contributed by atoms with van der Waals surface area (Å²) in [5.74, 6) is 1.01. The molecule has 3 atom stereocenters. The second kappa shape index (κ2) is 8.57. The van der Waals surface area contributed by atoms with Crippen molar-refractivity contribution in [2.75, 3.05) is 13.7 Å². The Morgan fingerprint density at radius 2 is 1.93 bits per heavy atom. The SMILES string of the molecule is C=CCC(C)(N[S@@](=O)C(C)(C)C)C1CC(=O)N(Cc2ccc(OC)cc2)C1. The number of likely N-dealkylation sites (tertiary alicyclic amines) is 1. The van der Waals surface area contributed by atoms with Crippen molar-refractivity contribution in [1.29, 1.82) is 0 Å². The van der Waals surface area contributed by atoms with Gasteiger partial charge in [0.05, 0.1) is 22.8 Å². The third-order valence-electron chi connectivity index (χ3n) is 5.10. The second-order valence-electron chi connectivity index (χ2n) is 8.42. The molecule has 0 aliphatic carbocycles. The number of rotatable bonds is 8. The molecule has 2 rings (SSSR count). The zero-order valence-electron chi connectivity index (χ0n) is 17.1. The molecule has 1 fully saturated rings. The first-order valence-electron chi connectivity index (χ1n) is 9.30. The molecule has 0 aromatic heterocycles. The van der Waals surface area contributed by atoms with Crippen molar-refractivity contribution in [3.63, 3.8) is 0 Å². The van der Waals surface area contributed by atoms with Crippen LogP contribution in [0.3, 0.4) is 0 Å². The fourth-order valence-corrected chi connectivity index (χ4v) is 4.24. The third-order valence-corrected chi connectivity index (χ3v) is 6.86. The Morgan fingerprint density at radius 1 is 1.30 bits per heavy atom. The molecule has 0 bridgehead atoms. The summed E-state index contributed by atoms with van der Waals surface area (Å²) in [6, 6.07) is 7.77. The van der Waals surface area contributed by atoms with Crippen LogP contribution < -0.4 is 9.46 Å². The molecule has 2 unspecified atom stereocenters. The standard InChI is InChI=1S/C21H32N2O3S/c1-7-12-21(5,22-27(25)20(2,3)4)17-13-19(24)23(15-17)14-16-8-10-18(26-6)11-9-16/h7-11,17,22H,1,12-15H2,2-6H3/t17?,21?,27-/m0/s1. The van der Waals surface area contributed by atoms with Crippen molar-refractivity contribution in [2.24, 2.45) is 5.92 Å². The Bertz CT molecular complexity index is 696. The van der Waals surface area contributed by atoms with E-state index in [4.69, 9.17) is 4.74 Å².